The first-order chi connectivity index (χ1) is 15.4. The molecule has 2 amide bonds. The SMILES string of the molecule is Cc1ccc(C(C)C)c(OCC(=O)NNC(=O)c2ccccc2OCc2ccccc2)c1. The van der Waals surface area contributed by atoms with Gasteiger partial charge < -0.3 is 9.47 Å². The van der Waals surface area contributed by atoms with Gasteiger partial charge in [-0.2, -0.15) is 0 Å². The van der Waals surface area contributed by atoms with E-state index in [-0.39, 0.29) is 12.5 Å². The molecule has 0 aliphatic heterocycles. The molecule has 0 heterocycles. The van der Waals surface area contributed by atoms with Gasteiger partial charge in [0, 0.05) is 0 Å². The fourth-order valence-corrected chi connectivity index (χ4v) is 3.13. The molecule has 0 fully saturated rings. The van der Waals surface area contributed by atoms with Crippen LogP contribution in [-0.4, -0.2) is 18.4 Å². The maximum absolute atomic E-state index is 12.6. The second kappa shape index (κ2) is 11.0. The minimum atomic E-state index is -0.472. The Morgan fingerprint density at radius 1 is 0.844 bits per heavy atom. The Labute approximate surface area is 188 Å². The van der Waals surface area contributed by atoms with Crippen LogP contribution in [0, 0.1) is 6.92 Å². The lowest BCUT2D eigenvalue weighted by molar-refractivity contribution is -0.123. The van der Waals surface area contributed by atoms with Crippen LogP contribution in [-0.2, 0) is 11.4 Å². The van der Waals surface area contributed by atoms with Gasteiger partial charge in [0.15, 0.2) is 6.61 Å². The van der Waals surface area contributed by atoms with Gasteiger partial charge in [-0.25, -0.2) is 0 Å². The van der Waals surface area contributed by atoms with E-state index in [0.717, 1.165) is 16.7 Å². The lowest BCUT2D eigenvalue weighted by Gasteiger charge is -2.15. The van der Waals surface area contributed by atoms with Crippen molar-refractivity contribution in [2.45, 2.75) is 33.3 Å². The smallest absolute Gasteiger partial charge is 0.276 e. The summed E-state index contributed by atoms with van der Waals surface area (Å²) in [7, 11) is 0. The van der Waals surface area contributed by atoms with E-state index in [1.54, 1.807) is 24.3 Å². The van der Waals surface area contributed by atoms with Crippen LogP contribution in [0.15, 0.2) is 72.8 Å². The maximum atomic E-state index is 12.6. The molecular formula is C26H28N2O4. The van der Waals surface area contributed by atoms with Gasteiger partial charge in [-0.05, 0) is 47.7 Å². The molecule has 3 rings (SSSR count). The molecule has 0 unspecified atom stereocenters. The second-order valence-corrected chi connectivity index (χ2v) is 7.76. The zero-order valence-corrected chi connectivity index (χ0v) is 18.6. The lowest BCUT2D eigenvalue weighted by Crippen LogP contribution is -2.44. The van der Waals surface area contributed by atoms with Crippen molar-refractivity contribution < 1.29 is 19.1 Å². The van der Waals surface area contributed by atoms with Crippen molar-refractivity contribution in [2.24, 2.45) is 0 Å². The highest BCUT2D eigenvalue weighted by molar-refractivity contribution is 5.97. The molecule has 2 N–H and O–H groups in total. The van der Waals surface area contributed by atoms with Crippen molar-refractivity contribution in [3.8, 4) is 11.5 Å². The first kappa shape index (κ1) is 22.9. The number of rotatable bonds is 8. The number of aryl methyl sites for hydroxylation is 1. The fraction of sp³-hybridized carbons (Fsp3) is 0.231. The molecular weight excluding hydrogens is 404 g/mol. The number of carbonyl (C=O) groups excluding carboxylic acids is 2. The first-order valence-electron chi connectivity index (χ1n) is 10.5. The Bertz CT molecular complexity index is 1060. The Hall–Kier alpha value is -3.80. The Balaban J connectivity index is 1.55. The van der Waals surface area contributed by atoms with E-state index in [9.17, 15) is 9.59 Å². The normalized spacial score (nSPS) is 10.5. The molecule has 6 heteroatoms. The molecule has 0 saturated heterocycles. The minimum absolute atomic E-state index is 0.213. The summed E-state index contributed by atoms with van der Waals surface area (Å²) in [5.74, 6) is 0.431. The number of hydrogen-bond donors (Lipinski definition) is 2. The van der Waals surface area contributed by atoms with E-state index < -0.39 is 11.8 Å². The zero-order chi connectivity index (χ0) is 22.9. The van der Waals surface area contributed by atoms with E-state index in [4.69, 9.17) is 9.47 Å². The fourth-order valence-electron chi connectivity index (χ4n) is 3.13. The molecule has 0 bridgehead atoms. The highest BCUT2D eigenvalue weighted by Gasteiger charge is 2.14. The summed E-state index contributed by atoms with van der Waals surface area (Å²) in [5, 5.41) is 0. The highest BCUT2D eigenvalue weighted by atomic mass is 16.5. The van der Waals surface area contributed by atoms with Crippen LogP contribution >= 0.6 is 0 Å². The molecule has 32 heavy (non-hydrogen) atoms. The molecule has 166 valence electrons. The topological polar surface area (TPSA) is 76.7 Å². The molecule has 0 aliphatic rings. The largest absolute Gasteiger partial charge is 0.488 e. The molecule has 3 aromatic carbocycles. The zero-order valence-electron chi connectivity index (χ0n) is 18.6. The second-order valence-electron chi connectivity index (χ2n) is 7.76. The van der Waals surface area contributed by atoms with Gasteiger partial charge in [0.05, 0.1) is 5.56 Å². The van der Waals surface area contributed by atoms with Gasteiger partial charge in [0.2, 0.25) is 0 Å². The van der Waals surface area contributed by atoms with Crippen LogP contribution < -0.4 is 20.3 Å². The summed E-state index contributed by atoms with van der Waals surface area (Å²) in [6.45, 7) is 6.22. The van der Waals surface area contributed by atoms with Crippen LogP contribution in [0.5, 0.6) is 11.5 Å². The standard InChI is InChI=1S/C26H28N2O4/c1-18(2)21-14-13-19(3)15-24(21)32-17-25(29)27-28-26(30)22-11-7-8-12-23(22)31-16-20-9-5-4-6-10-20/h4-15,18H,16-17H2,1-3H3,(H,27,29)(H,28,30). The molecule has 0 aliphatic carbocycles. The third-order valence-corrected chi connectivity index (χ3v) is 4.83. The number of nitrogens with one attached hydrogen (secondary N) is 2. The van der Waals surface area contributed by atoms with E-state index in [1.165, 1.54) is 0 Å². The number of hydrazine groups is 1. The average molecular weight is 433 g/mol. The van der Waals surface area contributed by atoms with Crippen LogP contribution in [0.2, 0.25) is 0 Å². The van der Waals surface area contributed by atoms with E-state index in [2.05, 4.69) is 24.7 Å². The molecule has 3 aromatic rings. The number of ether oxygens (including phenoxy) is 2. The number of para-hydroxylation sites is 1. The van der Waals surface area contributed by atoms with Crippen molar-refractivity contribution in [1.29, 1.82) is 0 Å². The van der Waals surface area contributed by atoms with Crippen molar-refractivity contribution in [3.63, 3.8) is 0 Å². The average Bonchev–Trinajstić information content (AvgIpc) is 2.80. The Morgan fingerprint density at radius 3 is 2.31 bits per heavy atom. The third-order valence-electron chi connectivity index (χ3n) is 4.83. The van der Waals surface area contributed by atoms with Crippen molar-refractivity contribution >= 4 is 11.8 Å². The summed E-state index contributed by atoms with van der Waals surface area (Å²) in [4.78, 5) is 24.8. The summed E-state index contributed by atoms with van der Waals surface area (Å²) in [6.07, 6.45) is 0. The first-order valence-corrected chi connectivity index (χ1v) is 10.5. The van der Waals surface area contributed by atoms with Crippen LogP contribution in [0.1, 0.15) is 46.8 Å². The molecule has 0 radical (unpaired) electrons. The van der Waals surface area contributed by atoms with Gasteiger partial charge in [0.25, 0.3) is 11.8 Å². The monoisotopic (exact) mass is 432 g/mol. The van der Waals surface area contributed by atoms with E-state index in [1.807, 2.05) is 55.5 Å². The molecule has 6 nitrogen and oxygen atoms in total. The summed E-state index contributed by atoms with van der Waals surface area (Å²) in [6, 6.07) is 22.5. The predicted octanol–water partition coefficient (Wildman–Crippen LogP) is 4.54. The van der Waals surface area contributed by atoms with Gasteiger partial charge in [0.1, 0.15) is 18.1 Å². The number of carbonyl (C=O) groups is 2. The number of hydrogen-bond acceptors (Lipinski definition) is 4. The van der Waals surface area contributed by atoms with Gasteiger partial charge >= 0.3 is 0 Å². The Kier molecular flexibility index (Phi) is 7.86. The molecule has 0 atom stereocenters. The highest BCUT2D eigenvalue weighted by Crippen LogP contribution is 2.27. The Morgan fingerprint density at radius 2 is 1.56 bits per heavy atom. The van der Waals surface area contributed by atoms with Gasteiger partial charge in [-0.15, -0.1) is 0 Å². The quantitative estimate of drug-likeness (QED) is 0.513. The number of amides is 2. The van der Waals surface area contributed by atoms with Crippen molar-refractivity contribution in [2.75, 3.05) is 6.61 Å². The molecule has 0 aromatic heterocycles. The molecule has 0 saturated carbocycles. The van der Waals surface area contributed by atoms with Crippen LogP contribution in [0.25, 0.3) is 0 Å². The molecule has 0 spiro atoms. The minimum Gasteiger partial charge on any atom is -0.488 e. The van der Waals surface area contributed by atoms with Gasteiger partial charge in [-0.1, -0.05) is 68.4 Å². The summed E-state index contributed by atoms with van der Waals surface area (Å²) >= 11 is 0. The van der Waals surface area contributed by atoms with Crippen molar-refractivity contribution in [3.05, 3.63) is 95.1 Å². The third kappa shape index (κ3) is 6.35. The summed E-state index contributed by atoms with van der Waals surface area (Å²) < 4.78 is 11.5. The summed E-state index contributed by atoms with van der Waals surface area (Å²) in [5.41, 5.74) is 8.21. The number of benzene rings is 3. The van der Waals surface area contributed by atoms with Crippen molar-refractivity contribution in [1.82, 2.24) is 10.9 Å². The lowest BCUT2D eigenvalue weighted by atomic mass is 10.0. The van der Waals surface area contributed by atoms with Gasteiger partial charge in [-0.3, -0.25) is 20.4 Å². The predicted molar refractivity (Wildman–Crippen MR) is 124 cm³/mol. The van der Waals surface area contributed by atoms with E-state index in [0.29, 0.717) is 23.7 Å². The van der Waals surface area contributed by atoms with Crippen LogP contribution in [0.3, 0.4) is 0 Å². The maximum Gasteiger partial charge on any atom is 0.276 e. The van der Waals surface area contributed by atoms with Crippen LogP contribution in [0.4, 0.5) is 0 Å². The van der Waals surface area contributed by atoms with E-state index >= 15 is 0 Å².